The van der Waals surface area contributed by atoms with E-state index in [1.807, 2.05) is 44.2 Å². The van der Waals surface area contributed by atoms with Crippen LogP contribution in [0.4, 0.5) is 0 Å². The molecule has 30 heavy (non-hydrogen) atoms. The number of carbonyl (C=O) groups excluding carboxylic acids is 2. The van der Waals surface area contributed by atoms with Crippen LogP contribution >= 0.6 is 35.0 Å². The van der Waals surface area contributed by atoms with Crippen LogP contribution in [0.1, 0.15) is 38.7 Å². The SMILES string of the molecule is CCCNC(=O)[C@@H](CC)N(Cc1ccc(Cl)cc1Cl)C(=O)CCSc1ccccc1. The summed E-state index contributed by atoms with van der Waals surface area (Å²) in [5.74, 6) is 0.442. The van der Waals surface area contributed by atoms with E-state index in [1.54, 1.807) is 34.9 Å². The van der Waals surface area contributed by atoms with E-state index in [0.29, 0.717) is 35.2 Å². The Kier molecular flexibility index (Phi) is 10.6. The van der Waals surface area contributed by atoms with E-state index in [2.05, 4.69) is 5.32 Å². The Hall–Kier alpha value is -1.69. The molecular weight excluding hydrogens is 439 g/mol. The zero-order chi connectivity index (χ0) is 21.9. The average Bonchev–Trinajstić information content (AvgIpc) is 2.74. The summed E-state index contributed by atoms with van der Waals surface area (Å²) in [6.07, 6.45) is 1.70. The molecule has 0 heterocycles. The van der Waals surface area contributed by atoms with E-state index >= 15 is 0 Å². The van der Waals surface area contributed by atoms with Crippen LogP contribution in [-0.4, -0.2) is 35.1 Å². The number of halogens is 2. The van der Waals surface area contributed by atoms with Crippen molar-refractivity contribution in [1.82, 2.24) is 10.2 Å². The van der Waals surface area contributed by atoms with Gasteiger partial charge in [0, 0.05) is 40.2 Å². The summed E-state index contributed by atoms with van der Waals surface area (Å²) in [4.78, 5) is 28.7. The minimum absolute atomic E-state index is 0.0667. The third-order valence-corrected chi connectivity index (χ3v) is 6.22. The standard InChI is InChI=1S/C23H28Cl2N2O2S/c1-3-13-26-23(29)21(4-2)27(16-17-10-11-18(24)15-20(17)25)22(28)12-14-30-19-8-6-5-7-9-19/h5-11,15,21H,3-4,12-14,16H2,1-2H3,(H,26,29)/t21-/m1/s1. The summed E-state index contributed by atoms with van der Waals surface area (Å²) >= 11 is 14.0. The van der Waals surface area contributed by atoms with Gasteiger partial charge >= 0.3 is 0 Å². The van der Waals surface area contributed by atoms with Crippen LogP contribution in [-0.2, 0) is 16.1 Å². The number of nitrogens with one attached hydrogen (secondary N) is 1. The minimum Gasteiger partial charge on any atom is -0.354 e. The van der Waals surface area contributed by atoms with Crippen molar-refractivity contribution in [3.8, 4) is 0 Å². The lowest BCUT2D eigenvalue weighted by Gasteiger charge is -2.31. The molecule has 2 amide bonds. The molecule has 0 bridgehead atoms. The molecule has 0 unspecified atom stereocenters. The number of thioether (sulfide) groups is 1. The number of hydrogen-bond donors (Lipinski definition) is 1. The summed E-state index contributed by atoms with van der Waals surface area (Å²) in [6, 6.07) is 14.6. The summed E-state index contributed by atoms with van der Waals surface area (Å²) in [6.45, 7) is 4.77. The zero-order valence-electron chi connectivity index (χ0n) is 17.4. The minimum atomic E-state index is -0.544. The van der Waals surface area contributed by atoms with Crippen molar-refractivity contribution in [3.05, 3.63) is 64.1 Å². The van der Waals surface area contributed by atoms with Crippen molar-refractivity contribution in [1.29, 1.82) is 0 Å². The fraction of sp³-hybridized carbons (Fsp3) is 0.391. The van der Waals surface area contributed by atoms with Gasteiger partial charge in [-0.25, -0.2) is 0 Å². The maximum absolute atomic E-state index is 13.2. The first-order valence-electron chi connectivity index (χ1n) is 10.1. The highest BCUT2D eigenvalue weighted by atomic mass is 35.5. The average molecular weight is 467 g/mol. The normalized spacial score (nSPS) is 11.7. The van der Waals surface area contributed by atoms with Gasteiger partial charge in [0.1, 0.15) is 6.04 Å². The number of hydrogen-bond acceptors (Lipinski definition) is 3. The third kappa shape index (κ3) is 7.53. The molecule has 0 radical (unpaired) electrons. The van der Waals surface area contributed by atoms with Crippen LogP contribution in [0.15, 0.2) is 53.4 Å². The molecule has 0 saturated carbocycles. The number of nitrogens with zero attached hydrogens (tertiary/aromatic N) is 1. The van der Waals surface area contributed by atoms with Crippen molar-refractivity contribution >= 4 is 46.8 Å². The van der Waals surface area contributed by atoms with E-state index in [0.717, 1.165) is 16.9 Å². The monoisotopic (exact) mass is 466 g/mol. The first-order chi connectivity index (χ1) is 14.5. The molecule has 2 aromatic rings. The smallest absolute Gasteiger partial charge is 0.242 e. The summed E-state index contributed by atoms with van der Waals surface area (Å²) in [5, 5.41) is 3.94. The largest absolute Gasteiger partial charge is 0.354 e. The molecule has 162 valence electrons. The summed E-state index contributed by atoms with van der Waals surface area (Å²) < 4.78 is 0. The molecule has 7 heteroatoms. The summed E-state index contributed by atoms with van der Waals surface area (Å²) in [7, 11) is 0. The molecule has 1 N–H and O–H groups in total. The highest BCUT2D eigenvalue weighted by Gasteiger charge is 2.28. The van der Waals surface area contributed by atoms with Gasteiger partial charge in [-0.1, -0.05) is 61.3 Å². The Morgan fingerprint density at radius 2 is 1.83 bits per heavy atom. The lowest BCUT2D eigenvalue weighted by Crippen LogP contribution is -2.49. The molecule has 4 nitrogen and oxygen atoms in total. The van der Waals surface area contributed by atoms with Gasteiger partial charge in [-0.05, 0) is 42.7 Å². The second-order valence-electron chi connectivity index (χ2n) is 6.88. The number of carbonyl (C=O) groups is 2. The van der Waals surface area contributed by atoms with Crippen LogP contribution < -0.4 is 5.32 Å². The molecule has 0 aliphatic rings. The van der Waals surface area contributed by atoms with Crippen molar-refractivity contribution < 1.29 is 9.59 Å². The second kappa shape index (κ2) is 12.9. The molecule has 0 aromatic heterocycles. The Balaban J connectivity index is 2.15. The van der Waals surface area contributed by atoms with Gasteiger partial charge in [-0.2, -0.15) is 0 Å². The van der Waals surface area contributed by atoms with E-state index in [-0.39, 0.29) is 18.4 Å². The van der Waals surface area contributed by atoms with Crippen LogP contribution in [0, 0.1) is 0 Å². The van der Waals surface area contributed by atoms with Crippen LogP contribution in [0.3, 0.4) is 0 Å². The van der Waals surface area contributed by atoms with Gasteiger partial charge in [0.15, 0.2) is 0 Å². The van der Waals surface area contributed by atoms with E-state index in [4.69, 9.17) is 23.2 Å². The Morgan fingerprint density at radius 3 is 2.47 bits per heavy atom. The first kappa shape index (κ1) is 24.6. The molecule has 0 aliphatic carbocycles. The molecule has 2 aromatic carbocycles. The maximum atomic E-state index is 13.2. The van der Waals surface area contributed by atoms with Gasteiger partial charge in [0.2, 0.25) is 11.8 Å². The lowest BCUT2D eigenvalue weighted by atomic mass is 10.1. The quantitative estimate of drug-likeness (QED) is 0.425. The Morgan fingerprint density at radius 1 is 1.10 bits per heavy atom. The fourth-order valence-electron chi connectivity index (χ4n) is 3.04. The van der Waals surface area contributed by atoms with Crippen molar-refractivity contribution in [2.45, 2.75) is 50.6 Å². The predicted octanol–water partition coefficient (Wildman–Crippen LogP) is 5.81. The topological polar surface area (TPSA) is 49.4 Å². The maximum Gasteiger partial charge on any atom is 0.242 e. The molecule has 0 spiro atoms. The highest BCUT2D eigenvalue weighted by molar-refractivity contribution is 7.99. The molecule has 0 aliphatic heterocycles. The first-order valence-corrected chi connectivity index (χ1v) is 11.9. The third-order valence-electron chi connectivity index (χ3n) is 4.62. The van der Waals surface area contributed by atoms with E-state index in [9.17, 15) is 9.59 Å². The van der Waals surface area contributed by atoms with E-state index < -0.39 is 6.04 Å². The van der Waals surface area contributed by atoms with Crippen LogP contribution in [0.2, 0.25) is 10.0 Å². The fourth-order valence-corrected chi connectivity index (χ4v) is 4.37. The molecular formula is C23H28Cl2N2O2S. The van der Waals surface area contributed by atoms with Crippen molar-refractivity contribution in [2.24, 2.45) is 0 Å². The molecule has 2 rings (SSSR count). The van der Waals surface area contributed by atoms with Gasteiger partial charge in [-0.3, -0.25) is 9.59 Å². The highest BCUT2D eigenvalue weighted by Crippen LogP contribution is 2.25. The summed E-state index contributed by atoms with van der Waals surface area (Å²) in [5.41, 5.74) is 0.770. The van der Waals surface area contributed by atoms with Crippen LogP contribution in [0.5, 0.6) is 0 Å². The van der Waals surface area contributed by atoms with Gasteiger partial charge in [-0.15, -0.1) is 11.8 Å². The Labute approximate surface area is 193 Å². The lowest BCUT2D eigenvalue weighted by molar-refractivity contribution is -0.141. The Bertz CT molecular complexity index is 833. The van der Waals surface area contributed by atoms with Crippen LogP contribution in [0.25, 0.3) is 0 Å². The number of benzene rings is 2. The van der Waals surface area contributed by atoms with Crippen molar-refractivity contribution in [2.75, 3.05) is 12.3 Å². The number of amides is 2. The molecule has 0 saturated heterocycles. The van der Waals surface area contributed by atoms with Gasteiger partial charge in [0.25, 0.3) is 0 Å². The molecule has 0 fully saturated rings. The number of rotatable bonds is 11. The zero-order valence-corrected chi connectivity index (χ0v) is 19.7. The second-order valence-corrected chi connectivity index (χ2v) is 8.90. The van der Waals surface area contributed by atoms with Gasteiger partial charge in [0.05, 0.1) is 0 Å². The van der Waals surface area contributed by atoms with Gasteiger partial charge < -0.3 is 10.2 Å². The molecule has 1 atom stereocenters. The van der Waals surface area contributed by atoms with E-state index in [1.165, 1.54) is 0 Å². The predicted molar refractivity (Wildman–Crippen MR) is 126 cm³/mol. The van der Waals surface area contributed by atoms with Crippen molar-refractivity contribution in [3.63, 3.8) is 0 Å².